The molecular formula is C23H24N4O3. The molecule has 4 aromatic rings. The Morgan fingerprint density at radius 3 is 2.13 bits per heavy atom. The normalized spacial score (nSPS) is 10.8. The van der Waals surface area contributed by atoms with E-state index < -0.39 is 0 Å². The number of methoxy groups -OCH3 is 3. The van der Waals surface area contributed by atoms with Crippen LogP contribution < -0.4 is 19.5 Å². The van der Waals surface area contributed by atoms with Crippen molar-refractivity contribution < 1.29 is 14.2 Å². The summed E-state index contributed by atoms with van der Waals surface area (Å²) < 4.78 is 18.2. The van der Waals surface area contributed by atoms with Gasteiger partial charge in [-0.25, -0.2) is 0 Å². The molecule has 7 heteroatoms. The number of nitrogens with one attached hydrogen (secondary N) is 1. The third-order valence-electron chi connectivity index (χ3n) is 4.98. The summed E-state index contributed by atoms with van der Waals surface area (Å²) in [5.41, 5.74) is 4.77. The van der Waals surface area contributed by atoms with Crippen molar-refractivity contribution in [2.75, 3.05) is 26.6 Å². The van der Waals surface area contributed by atoms with E-state index in [0.717, 1.165) is 34.8 Å². The van der Waals surface area contributed by atoms with Crippen LogP contribution in [0.4, 0.5) is 11.4 Å². The van der Waals surface area contributed by atoms with E-state index in [0.29, 0.717) is 17.2 Å². The highest BCUT2D eigenvalue weighted by molar-refractivity contribution is 5.69. The minimum Gasteiger partial charge on any atom is -0.493 e. The average Bonchev–Trinajstić information content (AvgIpc) is 3.21. The number of ether oxygens (including phenoxy) is 3. The molecule has 0 bridgehead atoms. The summed E-state index contributed by atoms with van der Waals surface area (Å²) in [4.78, 5) is 0. The van der Waals surface area contributed by atoms with Crippen molar-refractivity contribution >= 4 is 17.0 Å². The summed E-state index contributed by atoms with van der Waals surface area (Å²) in [5.74, 6) is 2.52. The number of pyridine rings is 1. The van der Waals surface area contributed by atoms with Gasteiger partial charge >= 0.3 is 0 Å². The summed E-state index contributed by atoms with van der Waals surface area (Å²) in [7, 11) is 4.78. The molecule has 2 aromatic carbocycles. The van der Waals surface area contributed by atoms with Crippen molar-refractivity contribution in [3.63, 3.8) is 0 Å². The molecule has 0 saturated heterocycles. The Hall–Kier alpha value is -3.74. The van der Waals surface area contributed by atoms with E-state index >= 15 is 0 Å². The first-order valence-corrected chi connectivity index (χ1v) is 9.68. The monoisotopic (exact) mass is 404 g/mol. The predicted octanol–water partition coefficient (Wildman–Crippen LogP) is 4.73. The quantitative estimate of drug-likeness (QED) is 0.480. The molecule has 154 valence electrons. The molecule has 0 aliphatic rings. The third-order valence-corrected chi connectivity index (χ3v) is 4.98. The number of anilines is 2. The van der Waals surface area contributed by atoms with Gasteiger partial charge in [0.1, 0.15) is 0 Å². The Kier molecular flexibility index (Phi) is 5.43. The first kappa shape index (κ1) is 19.6. The van der Waals surface area contributed by atoms with Gasteiger partial charge in [0, 0.05) is 29.6 Å². The van der Waals surface area contributed by atoms with Crippen molar-refractivity contribution in [2.24, 2.45) is 0 Å². The van der Waals surface area contributed by atoms with Crippen LogP contribution in [0.3, 0.4) is 0 Å². The zero-order valence-electron chi connectivity index (χ0n) is 17.5. The van der Waals surface area contributed by atoms with Crippen LogP contribution in [-0.4, -0.2) is 35.9 Å². The molecule has 0 unspecified atom stereocenters. The number of rotatable bonds is 7. The predicted molar refractivity (Wildman–Crippen MR) is 117 cm³/mol. The smallest absolute Gasteiger partial charge is 0.203 e. The van der Waals surface area contributed by atoms with Crippen LogP contribution in [0.25, 0.3) is 17.0 Å². The molecular weight excluding hydrogens is 380 g/mol. The number of hydrogen-bond acceptors (Lipinski definition) is 6. The van der Waals surface area contributed by atoms with Crippen molar-refractivity contribution in [3.8, 4) is 28.6 Å². The second-order valence-corrected chi connectivity index (χ2v) is 6.76. The molecule has 0 fully saturated rings. The van der Waals surface area contributed by atoms with Crippen molar-refractivity contribution in [2.45, 2.75) is 13.3 Å². The lowest BCUT2D eigenvalue weighted by Crippen LogP contribution is -1.99. The van der Waals surface area contributed by atoms with Crippen molar-refractivity contribution in [3.05, 3.63) is 60.3 Å². The fourth-order valence-electron chi connectivity index (χ4n) is 3.37. The highest BCUT2D eigenvalue weighted by Crippen LogP contribution is 2.40. The summed E-state index contributed by atoms with van der Waals surface area (Å²) in [6.07, 6.45) is 2.98. The number of nitrogens with zero attached hydrogens (tertiary/aromatic N) is 3. The highest BCUT2D eigenvalue weighted by Gasteiger charge is 2.14. The van der Waals surface area contributed by atoms with Crippen LogP contribution in [0.15, 0.2) is 54.7 Å². The van der Waals surface area contributed by atoms with Crippen LogP contribution in [0.5, 0.6) is 17.2 Å². The Labute approximate surface area is 175 Å². The highest BCUT2D eigenvalue weighted by atomic mass is 16.5. The Bertz CT molecular complexity index is 1140. The second-order valence-electron chi connectivity index (χ2n) is 6.76. The lowest BCUT2D eigenvalue weighted by Gasteiger charge is -2.15. The standard InChI is InChI=1S/C23H24N4O3/c1-5-15-6-8-16(9-7-15)23-26-25-21-11-10-17(14-27(21)23)24-18-12-19(28-2)22(30-4)20(13-18)29-3/h6-14,24H,5H2,1-4H3. The van der Waals surface area contributed by atoms with E-state index in [9.17, 15) is 0 Å². The molecule has 7 nitrogen and oxygen atoms in total. The first-order valence-electron chi connectivity index (χ1n) is 9.68. The lowest BCUT2D eigenvalue weighted by molar-refractivity contribution is 0.324. The first-order chi connectivity index (χ1) is 14.7. The van der Waals surface area contributed by atoms with Crippen LogP contribution >= 0.6 is 0 Å². The summed E-state index contributed by atoms with van der Waals surface area (Å²) in [5, 5.41) is 12.1. The minimum absolute atomic E-state index is 0.553. The number of aromatic nitrogens is 3. The van der Waals surface area contributed by atoms with Crippen LogP contribution in [0.2, 0.25) is 0 Å². The van der Waals surface area contributed by atoms with Gasteiger partial charge in [-0.1, -0.05) is 31.2 Å². The maximum Gasteiger partial charge on any atom is 0.203 e. The van der Waals surface area contributed by atoms with Gasteiger partial charge in [0.2, 0.25) is 5.75 Å². The average molecular weight is 404 g/mol. The Morgan fingerprint density at radius 2 is 1.53 bits per heavy atom. The topological polar surface area (TPSA) is 69.9 Å². The zero-order chi connectivity index (χ0) is 21.1. The van der Waals surface area contributed by atoms with Crippen LogP contribution in [0.1, 0.15) is 12.5 Å². The molecule has 0 aliphatic heterocycles. The Balaban J connectivity index is 1.70. The third kappa shape index (κ3) is 3.61. The number of benzene rings is 2. The van der Waals surface area contributed by atoms with Crippen molar-refractivity contribution in [1.29, 1.82) is 0 Å². The van der Waals surface area contributed by atoms with Crippen LogP contribution in [-0.2, 0) is 6.42 Å². The maximum absolute atomic E-state index is 5.44. The number of fused-ring (bicyclic) bond motifs is 1. The Morgan fingerprint density at radius 1 is 0.833 bits per heavy atom. The molecule has 2 heterocycles. The van der Waals surface area contributed by atoms with E-state index in [1.807, 2.05) is 34.9 Å². The van der Waals surface area contributed by atoms with Gasteiger partial charge in [-0.15, -0.1) is 10.2 Å². The van der Waals surface area contributed by atoms with E-state index in [1.54, 1.807) is 21.3 Å². The largest absolute Gasteiger partial charge is 0.493 e. The number of hydrogen-bond donors (Lipinski definition) is 1. The van der Waals surface area contributed by atoms with Gasteiger partial charge in [-0.2, -0.15) is 0 Å². The molecule has 0 radical (unpaired) electrons. The minimum atomic E-state index is 0.553. The van der Waals surface area contributed by atoms with E-state index in [-0.39, 0.29) is 0 Å². The van der Waals surface area contributed by atoms with Gasteiger partial charge in [0.15, 0.2) is 23.0 Å². The van der Waals surface area contributed by atoms with E-state index in [4.69, 9.17) is 14.2 Å². The number of aryl methyl sites for hydroxylation is 1. The molecule has 0 amide bonds. The molecule has 0 saturated carbocycles. The van der Waals surface area contributed by atoms with Gasteiger partial charge in [-0.3, -0.25) is 4.40 Å². The molecule has 30 heavy (non-hydrogen) atoms. The van der Waals surface area contributed by atoms with Gasteiger partial charge in [-0.05, 0) is 24.1 Å². The maximum atomic E-state index is 5.44. The SMILES string of the molecule is CCc1ccc(-c2nnc3ccc(Nc4cc(OC)c(OC)c(OC)c4)cn23)cc1. The second kappa shape index (κ2) is 8.32. The van der Waals surface area contributed by atoms with Gasteiger partial charge in [0.05, 0.1) is 27.0 Å². The summed E-state index contributed by atoms with van der Waals surface area (Å²) in [6.45, 7) is 2.14. The fourth-order valence-corrected chi connectivity index (χ4v) is 3.37. The summed E-state index contributed by atoms with van der Waals surface area (Å²) >= 11 is 0. The van der Waals surface area contributed by atoms with Crippen molar-refractivity contribution in [1.82, 2.24) is 14.6 Å². The van der Waals surface area contributed by atoms with Gasteiger partial charge in [0.25, 0.3) is 0 Å². The molecule has 1 N–H and O–H groups in total. The molecule has 4 rings (SSSR count). The zero-order valence-corrected chi connectivity index (χ0v) is 17.5. The lowest BCUT2D eigenvalue weighted by atomic mass is 10.1. The fraction of sp³-hybridized carbons (Fsp3) is 0.217. The molecule has 2 aromatic heterocycles. The summed E-state index contributed by atoms with van der Waals surface area (Å²) in [6, 6.07) is 16.0. The van der Waals surface area contributed by atoms with E-state index in [1.165, 1.54) is 5.56 Å². The van der Waals surface area contributed by atoms with E-state index in [2.05, 4.69) is 46.7 Å². The molecule has 0 spiro atoms. The molecule has 0 aliphatic carbocycles. The van der Waals surface area contributed by atoms with Gasteiger partial charge < -0.3 is 19.5 Å². The molecule has 0 atom stereocenters. The van der Waals surface area contributed by atoms with Crippen LogP contribution in [0, 0.1) is 0 Å².